The van der Waals surface area contributed by atoms with Gasteiger partial charge in [0.25, 0.3) is 0 Å². The van der Waals surface area contributed by atoms with Crippen LogP contribution in [0.1, 0.15) is 38.2 Å². The summed E-state index contributed by atoms with van der Waals surface area (Å²) in [5.41, 5.74) is 1.30. The van der Waals surface area contributed by atoms with Gasteiger partial charge in [-0.1, -0.05) is 44.2 Å². The molecule has 0 aliphatic heterocycles. The fourth-order valence-electron chi connectivity index (χ4n) is 2.58. The average Bonchev–Trinajstić information content (AvgIpc) is 3.24. The van der Waals surface area contributed by atoms with Crippen molar-refractivity contribution in [2.45, 2.75) is 32.6 Å². The summed E-state index contributed by atoms with van der Waals surface area (Å²) in [6, 6.07) is 10.4. The second-order valence-corrected chi connectivity index (χ2v) is 6.71. The van der Waals surface area contributed by atoms with Gasteiger partial charge < -0.3 is 15.7 Å². The highest BCUT2D eigenvalue weighted by Gasteiger charge is 2.38. The van der Waals surface area contributed by atoms with Gasteiger partial charge in [-0.2, -0.15) is 0 Å². The number of nitrogens with one attached hydrogen (secondary N) is 2. The van der Waals surface area contributed by atoms with Gasteiger partial charge in [0, 0.05) is 19.7 Å². The maximum absolute atomic E-state index is 11.8. The van der Waals surface area contributed by atoms with E-state index in [0.29, 0.717) is 24.8 Å². The molecule has 1 aromatic carbocycles. The van der Waals surface area contributed by atoms with Gasteiger partial charge in [-0.3, -0.25) is 0 Å². The summed E-state index contributed by atoms with van der Waals surface area (Å²) in [6.07, 6.45) is 1.84. The molecule has 2 unspecified atom stereocenters. The van der Waals surface area contributed by atoms with Crippen molar-refractivity contribution in [3.05, 3.63) is 35.9 Å². The maximum Gasteiger partial charge on any atom is 0.314 e. The first-order chi connectivity index (χ1) is 10.0. The van der Waals surface area contributed by atoms with Crippen LogP contribution in [0.3, 0.4) is 0 Å². The number of hydrogen-bond acceptors (Lipinski definition) is 2. The maximum atomic E-state index is 11.8. The predicted molar refractivity (Wildman–Crippen MR) is 84.2 cm³/mol. The van der Waals surface area contributed by atoms with E-state index in [4.69, 9.17) is 5.11 Å². The van der Waals surface area contributed by atoms with Gasteiger partial charge in [-0.05, 0) is 35.7 Å². The van der Waals surface area contributed by atoms with Crippen LogP contribution in [0.2, 0.25) is 0 Å². The van der Waals surface area contributed by atoms with Gasteiger partial charge in [0.05, 0.1) is 0 Å². The molecule has 1 fully saturated rings. The zero-order valence-corrected chi connectivity index (χ0v) is 12.9. The fourth-order valence-corrected chi connectivity index (χ4v) is 2.58. The van der Waals surface area contributed by atoms with E-state index in [2.05, 4.69) is 34.9 Å². The third kappa shape index (κ3) is 5.05. The Labute approximate surface area is 126 Å². The van der Waals surface area contributed by atoms with Crippen LogP contribution in [0.4, 0.5) is 4.79 Å². The lowest BCUT2D eigenvalue weighted by atomic mass is 9.90. The van der Waals surface area contributed by atoms with Crippen LogP contribution in [0.25, 0.3) is 0 Å². The molecule has 1 saturated carbocycles. The second-order valence-electron chi connectivity index (χ2n) is 6.71. The zero-order valence-electron chi connectivity index (χ0n) is 12.9. The zero-order chi connectivity index (χ0) is 15.3. The van der Waals surface area contributed by atoms with Crippen molar-refractivity contribution >= 4 is 6.03 Å². The molecule has 3 N–H and O–H groups in total. The Balaban J connectivity index is 1.65. The first kappa shape index (κ1) is 15.8. The van der Waals surface area contributed by atoms with E-state index in [1.807, 2.05) is 19.9 Å². The second kappa shape index (κ2) is 6.94. The molecule has 0 bridgehead atoms. The number of amides is 2. The Bertz CT molecular complexity index is 459. The summed E-state index contributed by atoms with van der Waals surface area (Å²) in [5, 5.41) is 14.8. The molecule has 2 amide bonds. The van der Waals surface area contributed by atoms with Crippen molar-refractivity contribution in [3.63, 3.8) is 0 Å². The van der Waals surface area contributed by atoms with Crippen LogP contribution >= 0.6 is 0 Å². The number of hydrogen-bond donors (Lipinski definition) is 3. The molecule has 1 aliphatic rings. The molecule has 0 aromatic heterocycles. The highest BCUT2D eigenvalue weighted by atomic mass is 16.3. The van der Waals surface area contributed by atoms with Crippen molar-refractivity contribution in [1.29, 1.82) is 0 Å². The number of carbonyl (C=O) groups is 1. The first-order valence-corrected chi connectivity index (χ1v) is 7.69. The smallest absolute Gasteiger partial charge is 0.314 e. The van der Waals surface area contributed by atoms with E-state index >= 15 is 0 Å². The number of urea groups is 1. The molecule has 2 rings (SSSR count). The summed E-state index contributed by atoms with van der Waals surface area (Å²) in [5.74, 6) is 1.15. The lowest BCUT2D eigenvalue weighted by Gasteiger charge is -2.23. The van der Waals surface area contributed by atoms with Gasteiger partial charge in [0.2, 0.25) is 0 Å². The van der Waals surface area contributed by atoms with Gasteiger partial charge in [0.1, 0.15) is 0 Å². The van der Waals surface area contributed by atoms with Crippen molar-refractivity contribution in [2.24, 2.45) is 11.3 Å². The number of rotatable bonds is 7. The van der Waals surface area contributed by atoms with Crippen LogP contribution in [0.15, 0.2) is 30.3 Å². The Hall–Kier alpha value is -1.55. The minimum Gasteiger partial charge on any atom is -0.396 e. The summed E-state index contributed by atoms with van der Waals surface area (Å²) in [4.78, 5) is 11.8. The molecule has 0 spiro atoms. The van der Waals surface area contributed by atoms with Gasteiger partial charge >= 0.3 is 6.03 Å². The highest BCUT2D eigenvalue weighted by molar-refractivity contribution is 5.73. The summed E-state index contributed by atoms with van der Waals surface area (Å²) >= 11 is 0. The topological polar surface area (TPSA) is 61.4 Å². The minimum atomic E-state index is -0.111. The molecule has 4 heteroatoms. The van der Waals surface area contributed by atoms with Crippen molar-refractivity contribution in [1.82, 2.24) is 10.6 Å². The van der Waals surface area contributed by atoms with Crippen LogP contribution in [0, 0.1) is 11.3 Å². The summed E-state index contributed by atoms with van der Waals surface area (Å²) < 4.78 is 0. The summed E-state index contributed by atoms with van der Waals surface area (Å²) in [7, 11) is 0. The average molecular weight is 290 g/mol. The first-order valence-electron chi connectivity index (χ1n) is 7.69. The van der Waals surface area contributed by atoms with E-state index in [1.165, 1.54) is 5.56 Å². The minimum absolute atomic E-state index is 0.0712. The van der Waals surface area contributed by atoms with Gasteiger partial charge in [0.15, 0.2) is 0 Å². The highest BCUT2D eigenvalue weighted by Crippen LogP contribution is 2.46. The fraction of sp³-hybridized carbons (Fsp3) is 0.588. The number of aliphatic hydroxyl groups excluding tert-OH is 1. The third-order valence-electron chi connectivity index (χ3n) is 4.19. The van der Waals surface area contributed by atoms with Crippen LogP contribution in [-0.4, -0.2) is 30.8 Å². The van der Waals surface area contributed by atoms with Gasteiger partial charge in [-0.25, -0.2) is 4.79 Å². The monoisotopic (exact) mass is 290 g/mol. The molecule has 0 saturated heterocycles. The number of aliphatic hydroxyl groups is 1. The van der Waals surface area contributed by atoms with Gasteiger partial charge in [-0.15, -0.1) is 0 Å². The van der Waals surface area contributed by atoms with Crippen molar-refractivity contribution in [2.75, 3.05) is 19.7 Å². The van der Waals surface area contributed by atoms with Crippen LogP contribution in [-0.2, 0) is 0 Å². The molecule has 21 heavy (non-hydrogen) atoms. The SMILES string of the molecule is CC(C)(CCO)CNC(=O)NCC1CC1c1ccccc1. The normalized spacial score (nSPS) is 20.9. The number of benzene rings is 1. The van der Waals surface area contributed by atoms with E-state index in [1.54, 1.807) is 0 Å². The lowest BCUT2D eigenvalue weighted by Crippen LogP contribution is -2.41. The standard InChI is InChI=1S/C17H26N2O2/c1-17(2,8-9-20)12-19-16(21)18-11-14-10-15(14)13-6-4-3-5-7-13/h3-7,14-15,20H,8-12H2,1-2H3,(H2,18,19,21). The lowest BCUT2D eigenvalue weighted by molar-refractivity contribution is 0.201. The molecule has 0 radical (unpaired) electrons. The Kier molecular flexibility index (Phi) is 5.23. The Morgan fingerprint density at radius 1 is 1.29 bits per heavy atom. The van der Waals surface area contributed by atoms with E-state index in [0.717, 1.165) is 13.0 Å². The predicted octanol–water partition coefficient (Wildman–Crippen LogP) is 2.50. The van der Waals surface area contributed by atoms with E-state index < -0.39 is 0 Å². The van der Waals surface area contributed by atoms with E-state index in [-0.39, 0.29) is 18.1 Å². The molecule has 1 aliphatic carbocycles. The molecule has 0 heterocycles. The number of carbonyl (C=O) groups excluding carboxylic acids is 1. The molecule has 1 aromatic rings. The largest absolute Gasteiger partial charge is 0.396 e. The quantitative estimate of drug-likeness (QED) is 0.722. The summed E-state index contributed by atoms with van der Waals surface area (Å²) in [6.45, 7) is 5.53. The Morgan fingerprint density at radius 3 is 2.67 bits per heavy atom. The van der Waals surface area contributed by atoms with Crippen molar-refractivity contribution < 1.29 is 9.90 Å². The third-order valence-corrected chi connectivity index (χ3v) is 4.19. The Morgan fingerprint density at radius 2 is 2.00 bits per heavy atom. The molecule has 116 valence electrons. The molecular formula is C17H26N2O2. The molecular weight excluding hydrogens is 264 g/mol. The van der Waals surface area contributed by atoms with Crippen molar-refractivity contribution in [3.8, 4) is 0 Å². The molecule has 2 atom stereocenters. The van der Waals surface area contributed by atoms with E-state index in [9.17, 15) is 4.79 Å². The van der Waals surface area contributed by atoms with Crippen LogP contribution < -0.4 is 10.6 Å². The molecule has 4 nitrogen and oxygen atoms in total. The van der Waals surface area contributed by atoms with Crippen LogP contribution in [0.5, 0.6) is 0 Å².